The Morgan fingerprint density at radius 3 is 2.54 bits per heavy atom. The largest absolute Gasteiger partial charge is 0.395 e. The van der Waals surface area contributed by atoms with Gasteiger partial charge in [0.2, 0.25) is 22.3 Å². The summed E-state index contributed by atoms with van der Waals surface area (Å²) in [4.78, 5) is 40.6. The van der Waals surface area contributed by atoms with Crippen LogP contribution in [0, 0.1) is 6.92 Å². The summed E-state index contributed by atoms with van der Waals surface area (Å²) in [5.74, 6) is -0.715. The summed E-state index contributed by atoms with van der Waals surface area (Å²) in [6.45, 7) is 7.28. The van der Waals surface area contributed by atoms with Crippen molar-refractivity contribution in [1.29, 1.82) is 0 Å². The molecule has 1 saturated heterocycles. The Balaban J connectivity index is 2.01. The SMILES string of the molecule is C=C1C(C)N(CNC=O)C(n2c(C)ccc(NS(=O)(=O)Cc3ccccc3)c2=O)N1CC(=O)NCCO. The van der Waals surface area contributed by atoms with E-state index in [0.29, 0.717) is 23.4 Å². The molecule has 1 fully saturated rings. The summed E-state index contributed by atoms with van der Waals surface area (Å²) in [6, 6.07) is 11.2. The van der Waals surface area contributed by atoms with Gasteiger partial charge in [0, 0.05) is 17.9 Å². The number of benzene rings is 1. The van der Waals surface area contributed by atoms with Crippen molar-refractivity contribution < 1.29 is 23.1 Å². The van der Waals surface area contributed by atoms with Crippen LogP contribution in [0.5, 0.6) is 0 Å². The zero-order valence-electron chi connectivity index (χ0n) is 20.8. The lowest BCUT2D eigenvalue weighted by Gasteiger charge is -2.34. The first kappa shape index (κ1) is 27.9. The van der Waals surface area contributed by atoms with Crippen LogP contribution in [-0.2, 0) is 25.4 Å². The number of aliphatic hydroxyl groups is 1. The van der Waals surface area contributed by atoms with E-state index in [1.54, 1.807) is 53.1 Å². The van der Waals surface area contributed by atoms with Crippen LogP contribution in [0.25, 0.3) is 0 Å². The molecule has 2 unspecified atom stereocenters. The summed E-state index contributed by atoms with van der Waals surface area (Å²) in [5.41, 5.74) is 0.813. The number of carbonyl (C=O) groups excluding carboxylic acids is 2. The molecule has 1 aromatic carbocycles. The summed E-state index contributed by atoms with van der Waals surface area (Å²) in [6.07, 6.45) is -0.367. The number of carbonyl (C=O) groups is 2. The lowest BCUT2D eigenvalue weighted by Crippen LogP contribution is -2.48. The fourth-order valence-electron chi connectivity index (χ4n) is 4.20. The zero-order chi connectivity index (χ0) is 27.2. The van der Waals surface area contributed by atoms with Crippen molar-refractivity contribution in [3.8, 4) is 0 Å². The third-order valence-electron chi connectivity index (χ3n) is 6.05. The first-order valence-electron chi connectivity index (χ1n) is 11.6. The van der Waals surface area contributed by atoms with Crippen LogP contribution in [0.15, 0.2) is 59.5 Å². The second kappa shape index (κ2) is 12.0. The molecule has 3 rings (SSSR count). The lowest BCUT2D eigenvalue weighted by atomic mass is 10.2. The van der Waals surface area contributed by atoms with Crippen molar-refractivity contribution in [2.75, 3.05) is 31.1 Å². The number of pyridine rings is 1. The highest BCUT2D eigenvalue weighted by atomic mass is 32.2. The smallest absolute Gasteiger partial charge is 0.277 e. The van der Waals surface area contributed by atoms with Crippen molar-refractivity contribution in [2.24, 2.45) is 0 Å². The van der Waals surface area contributed by atoms with Crippen LogP contribution in [0.4, 0.5) is 5.69 Å². The molecule has 1 aliphatic rings. The Kier molecular flexibility index (Phi) is 9.08. The maximum absolute atomic E-state index is 13.7. The molecule has 1 aromatic heterocycles. The van der Waals surface area contributed by atoms with Gasteiger partial charge in [0.1, 0.15) is 5.69 Å². The van der Waals surface area contributed by atoms with Crippen LogP contribution in [0.2, 0.25) is 0 Å². The van der Waals surface area contributed by atoms with Gasteiger partial charge in [-0.2, -0.15) is 0 Å². The molecule has 200 valence electrons. The number of aliphatic hydroxyl groups excluding tert-OH is 1. The third-order valence-corrected chi connectivity index (χ3v) is 7.29. The normalized spacial score (nSPS) is 18.0. The minimum Gasteiger partial charge on any atom is -0.395 e. The quantitative estimate of drug-likeness (QED) is 0.276. The number of nitrogens with zero attached hydrogens (tertiary/aromatic N) is 3. The van der Waals surface area contributed by atoms with Gasteiger partial charge in [0.05, 0.1) is 31.6 Å². The molecule has 0 aliphatic carbocycles. The van der Waals surface area contributed by atoms with E-state index < -0.39 is 27.8 Å². The fraction of sp³-hybridized carbons (Fsp3) is 0.375. The van der Waals surface area contributed by atoms with Gasteiger partial charge in [-0.25, -0.2) is 13.3 Å². The molecule has 12 nitrogen and oxygen atoms in total. The van der Waals surface area contributed by atoms with E-state index in [1.165, 1.54) is 10.6 Å². The van der Waals surface area contributed by atoms with E-state index in [1.807, 2.05) is 6.92 Å². The predicted molar refractivity (Wildman–Crippen MR) is 138 cm³/mol. The van der Waals surface area contributed by atoms with Crippen LogP contribution < -0.4 is 20.9 Å². The first-order valence-corrected chi connectivity index (χ1v) is 13.3. The number of sulfonamides is 1. The fourth-order valence-corrected chi connectivity index (χ4v) is 5.40. The maximum Gasteiger partial charge on any atom is 0.277 e. The Bertz CT molecular complexity index is 1300. The third kappa shape index (κ3) is 6.56. The van der Waals surface area contributed by atoms with E-state index in [-0.39, 0.29) is 43.8 Å². The number of nitrogens with one attached hydrogen (secondary N) is 3. The molecule has 0 radical (unpaired) electrons. The molecule has 0 saturated carbocycles. The summed E-state index contributed by atoms with van der Waals surface area (Å²) in [7, 11) is -3.91. The van der Waals surface area contributed by atoms with E-state index >= 15 is 0 Å². The number of aryl methyl sites for hydroxylation is 1. The Labute approximate surface area is 215 Å². The van der Waals surface area contributed by atoms with Crippen molar-refractivity contribution in [3.05, 3.63) is 76.4 Å². The molecule has 37 heavy (non-hydrogen) atoms. The van der Waals surface area contributed by atoms with E-state index in [9.17, 15) is 22.8 Å². The number of anilines is 1. The van der Waals surface area contributed by atoms with Gasteiger partial charge in [-0.1, -0.05) is 36.9 Å². The van der Waals surface area contributed by atoms with Gasteiger partial charge >= 0.3 is 0 Å². The molecular formula is C24H32N6O6S. The number of amides is 2. The Hall–Kier alpha value is -3.68. The highest BCUT2D eigenvalue weighted by molar-refractivity contribution is 7.91. The van der Waals surface area contributed by atoms with Gasteiger partial charge in [-0.05, 0) is 31.5 Å². The van der Waals surface area contributed by atoms with Crippen molar-refractivity contribution in [1.82, 2.24) is 25.0 Å². The predicted octanol–water partition coefficient (Wildman–Crippen LogP) is -0.113. The highest BCUT2D eigenvalue weighted by Gasteiger charge is 2.42. The average Bonchev–Trinajstić information content (AvgIpc) is 3.08. The molecule has 4 N–H and O–H groups in total. The van der Waals surface area contributed by atoms with E-state index in [4.69, 9.17) is 5.11 Å². The maximum atomic E-state index is 13.7. The molecule has 2 atom stereocenters. The van der Waals surface area contributed by atoms with Crippen molar-refractivity contribution >= 4 is 28.0 Å². The molecule has 2 heterocycles. The average molecular weight is 533 g/mol. The number of aromatic nitrogens is 1. The number of hydrogen-bond donors (Lipinski definition) is 4. The standard InChI is InChI=1S/C24H32N6O6S/c1-17-9-10-21(27-37(35,36)14-20-7-5-4-6-8-20)23(34)30(17)24-28(13-22(33)26-11-12-31)18(2)19(3)29(24)15-25-16-32/h4-10,16,19,24,27,31H,2,11-15H2,1,3H3,(H,25,32)(H,26,33). The first-order chi connectivity index (χ1) is 17.6. The van der Waals surface area contributed by atoms with Gasteiger partial charge in [-0.15, -0.1) is 0 Å². The van der Waals surface area contributed by atoms with Crippen LogP contribution >= 0.6 is 0 Å². The molecule has 2 aromatic rings. The zero-order valence-corrected chi connectivity index (χ0v) is 21.6. The Morgan fingerprint density at radius 2 is 1.89 bits per heavy atom. The van der Waals surface area contributed by atoms with Crippen LogP contribution in [0.1, 0.15) is 24.5 Å². The molecule has 0 bridgehead atoms. The van der Waals surface area contributed by atoms with E-state index in [0.717, 1.165) is 0 Å². The van der Waals surface area contributed by atoms with Crippen molar-refractivity contribution in [3.63, 3.8) is 0 Å². The Morgan fingerprint density at radius 1 is 1.19 bits per heavy atom. The summed E-state index contributed by atoms with van der Waals surface area (Å²) < 4.78 is 29.4. The molecule has 13 heteroatoms. The molecule has 2 amide bonds. The van der Waals surface area contributed by atoms with Gasteiger partial charge in [0.15, 0.2) is 6.29 Å². The van der Waals surface area contributed by atoms with Crippen LogP contribution in [0.3, 0.4) is 0 Å². The van der Waals surface area contributed by atoms with E-state index in [2.05, 4.69) is 21.9 Å². The minimum atomic E-state index is -3.91. The minimum absolute atomic E-state index is 0.0406. The van der Waals surface area contributed by atoms with Crippen molar-refractivity contribution in [2.45, 2.75) is 31.9 Å². The monoisotopic (exact) mass is 532 g/mol. The molecular weight excluding hydrogens is 500 g/mol. The second-order valence-corrected chi connectivity index (χ2v) is 10.3. The molecule has 0 spiro atoms. The number of hydrogen-bond acceptors (Lipinski definition) is 8. The topological polar surface area (TPSA) is 153 Å². The van der Waals surface area contributed by atoms with Gasteiger partial charge < -0.3 is 20.6 Å². The van der Waals surface area contributed by atoms with Crippen LogP contribution in [-0.4, -0.2) is 72.6 Å². The molecule has 1 aliphatic heterocycles. The highest BCUT2D eigenvalue weighted by Crippen LogP contribution is 2.35. The lowest BCUT2D eigenvalue weighted by molar-refractivity contribution is -0.123. The summed E-state index contributed by atoms with van der Waals surface area (Å²) in [5, 5.41) is 14.2. The van der Waals surface area contributed by atoms with Gasteiger partial charge in [-0.3, -0.25) is 23.7 Å². The summed E-state index contributed by atoms with van der Waals surface area (Å²) >= 11 is 0. The second-order valence-electron chi connectivity index (χ2n) is 8.62. The van der Waals surface area contributed by atoms with Gasteiger partial charge in [0.25, 0.3) is 5.56 Å². The number of rotatable bonds is 12.